The summed E-state index contributed by atoms with van der Waals surface area (Å²) in [7, 11) is 0. The molecule has 0 bridgehead atoms. The Kier molecular flexibility index (Phi) is 9.79. The number of rotatable bonds is 6. The summed E-state index contributed by atoms with van der Waals surface area (Å²) in [6.07, 6.45) is 0. The van der Waals surface area contributed by atoms with Crippen LogP contribution in [-0.4, -0.2) is 31.5 Å². The molecule has 0 aliphatic heterocycles. The van der Waals surface area contributed by atoms with Crippen LogP contribution in [0, 0.1) is 5.92 Å². The number of nitrogens with two attached hydrogens (primary N) is 1. The standard InChI is InChI=1S/C14H22N4O.HI/c1-11(2)10-18-14(15)17-9-8-16-13(19)12-6-4-3-5-7-12;/h3-7,11H,8-10H2,1-2H3,(H,16,19)(H3,15,17,18);1H. The van der Waals surface area contributed by atoms with Crippen molar-refractivity contribution in [1.82, 2.24) is 10.6 Å². The number of hydrogen-bond donors (Lipinski definition) is 3. The molecule has 0 atom stereocenters. The zero-order valence-electron chi connectivity index (χ0n) is 11.9. The number of guanidine groups is 1. The highest BCUT2D eigenvalue weighted by Gasteiger charge is 2.02. The second-order valence-electron chi connectivity index (χ2n) is 4.67. The lowest BCUT2D eigenvalue weighted by molar-refractivity contribution is 0.0954. The maximum absolute atomic E-state index is 11.7. The van der Waals surface area contributed by atoms with Crippen molar-refractivity contribution < 1.29 is 4.79 Å². The summed E-state index contributed by atoms with van der Waals surface area (Å²) in [6.45, 7) is 5.93. The number of halogens is 1. The van der Waals surface area contributed by atoms with Gasteiger partial charge in [0.15, 0.2) is 5.96 Å². The third-order valence-electron chi connectivity index (χ3n) is 2.38. The lowest BCUT2D eigenvalue weighted by Gasteiger charge is -2.08. The van der Waals surface area contributed by atoms with Crippen LogP contribution in [0.3, 0.4) is 0 Å². The monoisotopic (exact) mass is 390 g/mol. The van der Waals surface area contributed by atoms with Crippen molar-refractivity contribution >= 4 is 35.8 Å². The minimum Gasteiger partial charge on any atom is -0.370 e. The van der Waals surface area contributed by atoms with Crippen LogP contribution in [0.5, 0.6) is 0 Å². The van der Waals surface area contributed by atoms with E-state index in [9.17, 15) is 4.79 Å². The van der Waals surface area contributed by atoms with Gasteiger partial charge >= 0.3 is 0 Å². The zero-order chi connectivity index (χ0) is 14.1. The molecule has 0 aliphatic rings. The molecule has 6 heteroatoms. The van der Waals surface area contributed by atoms with Crippen molar-refractivity contribution in [3.8, 4) is 0 Å². The van der Waals surface area contributed by atoms with Gasteiger partial charge in [0.05, 0.1) is 0 Å². The zero-order valence-corrected chi connectivity index (χ0v) is 14.3. The number of amides is 1. The minimum atomic E-state index is -0.0832. The molecule has 0 unspecified atom stereocenters. The van der Waals surface area contributed by atoms with Crippen LogP contribution >= 0.6 is 24.0 Å². The Morgan fingerprint density at radius 3 is 2.40 bits per heavy atom. The number of nitrogens with one attached hydrogen (secondary N) is 2. The third kappa shape index (κ3) is 7.98. The fourth-order valence-electron chi connectivity index (χ4n) is 1.40. The van der Waals surface area contributed by atoms with Gasteiger partial charge in [0, 0.05) is 25.2 Å². The lowest BCUT2D eigenvalue weighted by Crippen LogP contribution is -2.38. The quantitative estimate of drug-likeness (QED) is 0.299. The normalized spacial score (nSPS) is 10.8. The Hall–Kier alpha value is -1.31. The summed E-state index contributed by atoms with van der Waals surface area (Å²) in [6, 6.07) is 9.11. The maximum Gasteiger partial charge on any atom is 0.251 e. The molecule has 0 saturated carbocycles. The summed E-state index contributed by atoms with van der Waals surface area (Å²) in [5.41, 5.74) is 6.33. The van der Waals surface area contributed by atoms with Gasteiger partial charge in [-0.2, -0.15) is 0 Å². The Morgan fingerprint density at radius 1 is 1.20 bits per heavy atom. The summed E-state index contributed by atoms with van der Waals surface area (Å²) in [5, 5.41) is 5.77. The van der Waals surface area contributed by atoms with Crippen LogP contribution < -0.4 is 16.4 Å². The van der Waals surface area contributed by atoms with E-state index in [2.05, 4.69) is 29.5 Å². The molecule has 1 aromatic rings. The van der Waals surface area contributed by atoms with Gasteiger partial charge in [-0.1, -0.05) is 32.0 Å². The molecule has 1 rings (SSSR count). The van der Waals surface area contributed by atoms with Crippen molar-refractivity contribution in [3.05, 3.63) is 35.9 Å². The van der Waals surface area contributed by atoms with Gasteiger partial charge in [-0.05, 0) is 18.1 Å². The number of carbonyl (C=O) groups is 1. The molecule has 0 aromatic heterocycles. The first-order chi connectivity index (χ1) is 9.09. The van der Waals surface area contributed by atoms with Crippen molar-refractivity contribution in [2.75, 3.05) is 19.6 Å². The van der Waals surface area contributed by atoms with E-state index in [-0.39, 0.29) is 29.9 Å². The van der Waals surface area contributed by atoms with Crippen molar-refractivity contribution in [2.45, 2.75) is 13.8 Å². The van der Waals surface area contributed by atoms with Gasteiger partial charge in [0.1, 0.15) is 0 Å². The molecule has 0 heterocycles. The van der Waals surface area contributed by atoms with Crippen molar-refractivity contribution in [3.63, 3.8) is 0 Å². The predicted molar refractivity (Wildman–Crippen MR) is 93.5 cm³/mol. The van der Waals surface area contributed by atoms with Crippen LogP contribution in [0.2, 0.25) is 0 Å². The first-order valence-electron chi connectivity index (χ1n) is 6.46. The molecular weight excluding hydrogens is 367 g/mol. The van der Waals surface area contributed by atoms with Gasteiger partial charge in [0.2, 0.25) is 0 Å². The molecular formula is C14H23IN4O. The van der Waals surface area contributed by atoms with E-state index in [1.807, 2.05) is 18.2 Å². The van der Waals surface area contributed by atoms with E-state index in [1.165, 1.54) is 0 Å². The Bertz CT molecular complexity index is 420. The maximum atomic E-state index is 11.7. The average molecular weight is 390 g/mol. The average Bonchev–Trinajstić information content (AvgIpc) is 2.42. The lowest BCUT2D eigenvalue weighted by atomic mass is 10.2. The van der Waals surface area contributed by atoms with E-state index < -0.39 is 0 Å². The second-order valence-corrected chi connectivity index (χ2v) is 4.67. The fraction of sp³-hybridized carbons (Fsp3) is 0.429. The number of nitrogens with zero attached hydrogens (tertiary/aromatic N) is 1. The van der Waals surface area contributed by atoms with Crippen LogP contribution in [0.1, 0.15) is 24.2 Å². The van der Waals surface area contributed by atoms with Gasteiger partial charge in [-0.3, -0.25) is 9.79 Å². The molecule has 4 N–H and O–H groups in total. The Labute approximate surface area is 137 Å². The summed E-state index contributed by atoms with van der Waals surface area (Å²) in [5.74, 6) is 0.820. The second kappa shape index (κ2) is 10.5. The topological polar surface area (TPSA) is 79.5 Å². The van der Waals surface area contributed by atoms with Crippen LogP contribution in [0.4, 0.5) is 0 Å². The largest absolute Gasteiger partial charge is 0.370 e. The first-order valence-corrected chi connectivity index (χ1v) is 6.46. The van der Waals surface area contributed by atoms with E-state index in [1.54, 1.807) is 12.1 Å². The minimum absolute atomic E-state index is 0. The molecule has 1 amide bonds. The number of benzene rings is 1. The number of carbonyl (C=O) groups excluding carboxylic acids is 1. The third-order valence-corrected chi connectivity index (χ3v) is 2.38. The number of hydrogen-bond acceptors (Lipinski definition) is 2. The molecule has 0 aliphatic carbocycles. The van der Waals surface area contributed by atoms with Crippen LogP contribution in [0.15, 0.2) is 35.3 Å². The summed E-state index contributed by atoms with van der Waals surface area (Å²) in [4.78, 5) is 15.9. The highest BCUT2D eigenvalue weighted by Crippen LogP contribution is 1.96. The fourth-order valence-corrected chi connectivity index (χ4v) is 1.40. The molecule has 20 heavy (non-hydrogen) atoms. The highest BCUT2D eigenvalue weighted by molar-refractivity contribution is 14.0. The van der Waals surface area contributed by atoms with Crippen molar-refractivity contribution in [1.29, 1.82) is 0 Å². The first kappa shape index (κ1) is 18.7. The van der Waals surface area contributed by atoms with E-state index in [0.717, 1.165) is 0 Å². The summed E-state index contributed by atoms with van der Waals surface area (Å²) >= 11 is 0. The van der Waals surface area contributed by atoms with Crippen molar-refractivity contribution in [2.24, 2.45) is 16.6 Å². The molecule has 112 valence electrons. The molecule has 0 fully saturated rings. The highest BCUT2D eigenvalue weighted by atomic mass is 127. The molecule has 0 saturated heterocycles. The van der Waals surface area contributed by atoms with Gasteiger partial charge in [-0.25, -0.2) is 0 Å². The number of aliphatic imine (C=N–C) groups is 1. The van der Waals surface area contributed by atoms with Gasteiger partial charge < -0.3 is 16.4 Å². The van der Waals surface area contributed by atoms with E-state index >= 15 is 0 Å². The Balaban J connectivity index is 0.00000361. The van der Waals surface area contributed by atoms with Crippen LogP contribution in [-0.2, 0) is 0 Å². The molecule has 1 aromatic carbocycles. The van der Waals surface area contributed by atoms with E-state index in [4.69, 9.17) is 5.73 Å². The molecule has 0 radical (unpaired) electrons. The SMILES string of the molecule is CC(C)CN=C(N)NCCNC(=O)c1ccccc1.I. The molecule has 5 nitrogen and oxygen atoms in total. The van der Waals surface area contributed by atoms with Gasteiger partial charge in [-0.15, -0.1) is 24.0 Å². The smallest absolute Gasteiger partial charge is 0.251 e. The molecule has 0 spiro atoms. The van der Waals surface area contributed by atoms with Gasteiger partial charge in [0.25, 0.3) is 5.91 Å². The predicted octanol–water partition coefficient (Wildman–Crippen LogP) is 1.59. The Morgan fingerprint density at radius 2 is 1.80 bits per heavy atom. The summed E-state index contributed by atoms with van der Waals surface area (Å²) < 4.78 is 0. The van der Waals surface area contributed by atoms with Crippen LogP contribution in [0.25, 0.3) is 0 Å². The van der Waals surface area contributed by atoms with E-state index in [0.29, 0.717) is 37.1 Å².